The van der Waals surface area contributed by atoms with Gasteiger partial charge < -0.3 is 5.32 Å². The summed E-state index contributed by atoms with van der Waals surface area (Å²) >= 11 is 18.2. The van der Waals surface area contributed by atoms with Gasteiger partial charge in [-0.3, -0.25) is 4.68 Å². The summed E-state index contributed by atoms with van der Waals surface area (Å²) in [5.41, 5.74) is 2.84. The predicted octanol–water partition coefficient (Wildman–Crippen LogP) is 5.34. The van der Waals surface area contributed by atoms with E-state index in [0.717, 1.165) is 17.8 Å². The van der Waals surface area contributed by atoms with Gasteiger partial charge in [0, 0.05) is 27.2 Å². The molecule has 128 valence electrons. The van der Waals surface area contributed by atoms with Crippen LogP contribution in [0, 0.1) is 5.82 Å². The first kappa shape index (κ1) is 16.9. The minimum Gasteiger partial charge on any atom is -0.303 e. The average molecular weight is 397 g/mol. The molecule has 0 saturated carbocycles. The molecular formula is C18H13Cl3FN3. The summed E-state index contributed by atoms with van der Waals surface area (Å²) in [7, 11) is 0. The molecule has 25 heavy (non-hydrogen) atoms. The third kappa shape index (κ3) is 3.15. The van der Waals surface area contributed by atoms with Gasteiger partial charge in [0.1, 0.15) is 5.82 Å². The van der Waals surface area contributed by atoms with Gasteiger partial charge in [0.2, 0.25) is 0 Å². The Morgan fingerprint density at radius 3 is 2.56 bits per heavy atom. The fourth-order valence-corrected chi connectivity index (χ4v) is 3.77. The molecule has 0 bridgehead atoms. The molecule has 1 unspecified atom stereocenters. The van der Waals surface area contributed by atoms with Crippen molar-refractivity contribution in [1.82, 2.24) is 15.1 Å². The Labute approximate surface area is 159 Å². The van der Waals surface area contributed by atoms with Crippen LogP contribution in [0.2, 0.25) is 15.1 Å². The zero-order chi connectivity index (χ0) is 17.6. The summed E-state index contributed by atoms with van der Waals surface area (Å²) in [6.45, 7) is 1.44. The average Bonchev–Trinajstić information content (AvgIpc) is 2.99. The highest BCUT2D eigenvalue weighted by Gasteiger charge is 2.26. The second-order valence-corrected chi connectivity index (χ2v) is 7.13. The predicted molar refractivity (Wildman–Crippen MR) is 98.9 cm³/mol. The molecule has 4 rings (SSSR count). The van der Waals surface area contributed by atoms with Gasteiger partial charge in [-0.25, -0.2) is 4.39 Å². The highest BCUT2D eigenvalue weighted by Crippen LogP contribution is 2.34. The maximum absolute atomic E-state index is 14.2. The monoisotopic (exact) mass is 395 g/mol. The number of rotatable bonds is 2. The molecule has 1 N–H and O–H groups in total. The number of aromatic nitrogens is 2. The Morgan fingerprint density at radius 1 is 1.04 bits per heavy atom. The van der Waals surface area contributed by atoms with Crippen LogP contribution in [-0.2, 0) is 6.54 Å². The lowest BCUT2D eigenvalue weighted by molar-refractivity contribution is 0.436. The third-order valence-corrected chi connectivity index (χ3v) is 5.06. The van der Waals surface area contributed by atoms with Crippen LogP contribution < -0.4 is 5.32 Å². The molecule has 1 aliphatic rings. The van der Waals surface area contributed by atoms with E-state index in [-0.39, 0.29) is 6.04 Å². The lowest BCUT2D eigenvalue weighted by atomic mass is 10.0. The number of nitrogens with zero attached hydrogens (tertiary/aromatic N) is 2. The Hall–Kier alpha value is -1.59. The van der Waals surface area contributed by atoms with E-state index in [1.54, 1.807) is 24.3 Å². The van der Waals surface area contributed by atoms with Gasteiger partial charge in [-0.15, -0.1) is 0 Å². The van der Waals surface area contributed by atoms with Crippen LogP contribution in [0.25, 0.3) is 11.3 Å². The number of fused-ring (bicyclic) bond motifs is 1. The topological polar surface area (TPSA) is 29.9 Å². The van der Waals surface area contributed by atoms with E-state index in [4.69, 9.17) is 34.8 Å². The molecule has 1 aromatic heterocycles. The summed E-state index contributed by atoms with van der Waals surface area (Å²) in [4.78, 5) is 0. The van der Waals surface area contributed by atoms with Crippen LogP contribution in [0.5, 0.6) is 0 Å². The number of halogens is 4. The van der Waals surface area contributed by atoms with Crippen molar-refractivity contribution < 1.29 is 4.39 Å². The van der Waals surface area contributed by atoms with Crippen molar-refractivity contribution in [2.24, 2.45) is 0 Å². The summed E-state index contributed by atoms with van der Waals surface area (Å²) in [6, 6.07) is 11.8. The van der Waals surface area contributed by atoms with Gasteiger partial charge in [-0.1, -0.05) is 40.9 Å². The van der Waals surface area contributed by atoms with Gasteiger partial charge in [0.15, 0.2) is 0 Å². The fourth-order valence-electron chi connectivity index (χ4n) is 3.10. The van der Waals surface area contributed by atoms with Crippen LogP contribution >= 0.6 is 34.8 Å². The van der Waals surface area contributed by atoms with Crippen molar-refractivity contribution >= 4 is 34.8 Å². The largest absolute Gasteiger partial charge is 0.303 e. The van der Waals surface area contributed by atoms with E-state index < -0.39 is 5.82 Å². The molecule has 2 heterocycles. The zero-order valence-corrected chi connectivity index (χ0v) is 15.2. The molecule has 3 aromatic rings. The highest BCUT2D eigenvalue weighted by atomic mass is 35.5. The molecule has 2 aromatic carbocycles. The SMILES string of the molecule is Fc1cc(Cl)ccc1-c1cc2n(n1)CCNC2c1ccc(Cl)cc1Cl. The van der Waals surface area contributed by atoms with Gasteiger partial charge in [0.05, 0.1) is 24.0 Å². The summed E-state index contributed by atoms with van der Waals surface area (Å²) < 4.78 is 16.1. The molecule has 0 radical (unpaired) electrons. The number of nitrogens with one attached hydrogen (secondary N) is 1. The van der Waals surface area contributed by atoms with Gasteiger partial charge in [-0.2, -0.15) is 5.10 Å². The first-order valence-corrected chi connectivity index (χ1v) is 8.88. The molecule has 0 saturated heterocycles. The van der Waals surface area contributed by atoms with Crippen LogP contribution in [0.3, 0.4) is 0 Å². The van der Waals surface area contributed by atoms with Gasteiger partial charge in [-0.05, 0) is 42.0 Å². The second kappa shape index (κ2) is 6.61. The number of hydrogen-bond donors (Lipinski definition) is 1. The first-order chi connectivity index (χ1) is 12.0. The van der Waals surface area contributed by atoms with E-state index in [1.807, 2.05) is 16.8 Å². The molecule has 1 atom stereocenters. The smallest absolute Gasteiger partial charge is 0.134 e. The second-order valence-electron chi connectivity index (χ2n) is 5.85. The Morgan fingerprint density at radius 2 is 1.80 bits per heavy atom. The van der Waals surface area contributed by atoms with Crippen molar-refractivity contribution in [3.63, 3.8) is 0 Å². The quantitative estimate of drug-likeness (QED) is 0.633. The molecule has 0 fully saturated rings. The zero-order valence-electron chi connectivity index (χ0n) is 12.9. The number of benzene rings is 2. The molecular weight excluding hydrogens is 384 g/mol. The Balaban J connectivity index is 1.79. The normalized spacial score (nSPS) is 16.7. The van der Waals surface area contributed by atoms with Crippen LogP contribution in [0.15, 0.2) is 42.5 Å². The Bertz CT molecular complexity index is 955. The minimum absolute atomic E-state index is 0.130. The lowest BCUT2D eigenvalue weighted by Crippen LogP contribution is -2.34. The van der Waals surface area contributed by atoms with E-state index in [9.17, 15) is 4.39 Å². The summed E-state index contributed by atoms with van der Waals surface area (Å²) in [5, 5.41) is 9.52. The molecule has 0 amide bonds. The van der Waals surface area contributed by atoms with Crippen LogP contribution in [0.1, 0.15) is 17.3 Å². The van der Waals surface area contributed by atoms with Crippen molar-refractivity contribution in [2.75, 3.05) is 6.54 Å². The molecule has 7 heteroatoms. The first-order valence-electron chi connectivity index (χ1n) is 7.74. The standard InChI is InChI=1S/C18H13Cl3FN3/c19-10-1-3-12(14(21)7-10)18-17-9-16(24-25(17)6-5-23-18)13-4-2-11(20)8-15(13)22/h1-4,7-9,18,23H,5-6H2. The number of hydrogen-bond acceptors (Lipinski definition) is 2. The minimum atomic E-state index is -0.392. The van der Waals surface area contributed by atoms with Crippen molar-refractivity contribution in [1.29, 1.82) is 0 Å². The maximum Gasteiger partial charge on any atom is 0.134 e. The van der Waals surface area contributed by atoms with E-state index in [0.29, 0.717) is 32.9 Å². The lowest BCUT2D eigenvalue weighted by Gasteiger charge is -2.26. The summed E-state index contributed by atoms with van der Waals surface area (Å²) in [5.74, 6) is -0.392. The van der Waals surface area contributed by atoms with Crippen LogP contribution in [-0.4, -0.2) is 16.3 Å². The maximum atomic E-state index is 14.2. The van der Waals surface area contributed by atoms with E-state index in [2.05, 4.69) is 10.4 Å². The molecule has 0 spiro atoms. The summed E-state index contributed by atoms with van der Waals surface area (Å²) in [6.07, 6.45) is 0. The van der Waals surface area contributed by atoms with Crippen molar-refractivity contribution in [3.05, 3.63) is 74.6 Å². The van der Waals surface area contributed by atoms with Gasteiger partial charge in [0.25, 0.3) is 0 Å². The van der Waals surface area contributed by atoms with Gasteiger partial charge >= 0.3 is 0 Å². The van der Waals surface area contributed by atoms with E-state index in [1.165, 1.54) is 6.07 Å². The fraction of sp³-hybridized carbons (Fsp3) is 0.167. The molecule has 3 nitrogen and oxygen atoms in total. The molecule has 1 aliphatic heterocycles. The Kier molecular flexibility index (Phi) is 4.46. The van der Waals surface area contributed by atoms with Crippen molar-refractivity contribution in [2.45, 2.75) is 12.6 Å². The van der Waals surface area contributed by atoms with E-state index >= 15 is 0 Å². The van der Waals surface area contributed by atoms with Crippen molar-refractivity contribution in [3.8, 4) is 11.3 Å². The van der Waals surface area contributed by atoms with Crippen LogP contribution in [0.4, 0.5) is 4.39 Å². The third-order valence-electron chi connectivity index (χ3n) is 4.26. The molecule has 0 aliphatic carbocycles. The highest BCUT2D eigenvalue weighted by molar-refractivity contribution is 6.35.